The highest BCUT2D eigenvalue weighted by Crippen LogP contribution is 2.24. The van der Waals surface area contributed by atoms with Crippen LogP contribution in [-0.2, 0) is 9.59 Å². The molecule has 1 aliphatic rings. The van der Waals surface area contributed by atoms with E-state index in [0.717, 1.165) is 16.2 Å². The summed E-state index contributed by atoms with van der Waals surface area (Å²) >= 11 is 1.12. The predicted molar refractivity (Wildman–Crippen MR) is 63.5 cm³/mol. The predicted octanol–water partition coefficient (Wildman–Crippen LogP) is 0.401. The normalized spacial score (nSPS) is 20.1. The van der Waals surface area contributed by atoms with E-state index in [1.54, 1.807) is 0 Å². The van der Waals surface area contributed by atoms with Crippen molar-refractivity contribution in [2.24, 2.45) is 0 Å². The van der Waals surface area contributed by atoms with Crippen LogP contribution in [0.1, 0.15) is 23.3 Å². The second-order valence-electron chi connectivity index (χ2n) is 3.86. The molecule has 1 atom stereocenters. The van der Waals surface area contributed by atoms with Gasteiger partial charge in [-0.1, -0.05) is 0 Å². The average molecular weight is 269 g/mol. The smallest absolute Gasteiger partial charge is 0.357 e. The Bertz CT molecular complexity index is 513. The van der Waals surface area contributed by atoms with Crippen LogP contribution >= 0.6 is 11.3 Å². The van der Waals surface area contributed by atoms with E-state index in [4.69, 9.17) is 5.11 Å². The summed E-state index contributed by atoms with van der Waals surface area (Å²) < 4.78 is 0. The molecule has 1 aliphatic heterocycles. The molecular formula is C10H11N3O4S. The Morgan fingerprint density at radius 2 is 2.33 bits per heavy atom. The number of aromatic nitrogens is 1. The van der Waals surface area contributed by atoms with E-state index in [1.165, 1.54) is 12.6 Å². The summed E-state index contributed by atoms with van der Waals surface area (Å²) in [5.74, 6) is -1.72. The van der Waals surface area contributed by atoms with Crippen molar-refractivity contribution in [3.05, 3.63) is 11.2 Å². The van der Waals surface area contributed by atoms with Gasteiger partial charge in [0.1, 0.15) is 11.0 Å². The molecule has 0 radical (unpaired) electrons. The van der Waals surface area contributed by atoms with Gasteiger partial charge in [-0.3, -0.25) is 14.5 Å². The van der Waals surface area contributed by atoms with Crippen LogP contribution in [-0.4, -0.2) is 45.9 Å². The topological polar surface area (TPSA) is 99.6 Å². The minimum atomic E-state index is -1.15. The number of imide groups is 1. The first-order chi connectivity index (χ1) is 8.50. The van der Waals surface area contributed by atoms with Gasteiger partial charge < -0.3 is 10.4 Å². The van der Waals surface area contributed by atoms with E-state index in [0.29, 0.717) is 11.4 Å². The third-order valence-corrected chi connectivity index (χ3v) is 3.48. The molecule has 0 bridgehead atoms. The number of nitrogens with one attached hydrogen (secondary N) is 1. The van der Waals surface area contributed by atoms with E-state index >= 15 is 0 Å². The van der Waals surface area contributed by atoms with Crippen LogP contribution in [0.3, 0.4) is 0 Å². The number of nitrogens with zero attached hydrogens (tertiary/aromatic N) is 2. The molecule has 2 heterocycles. The van der Waals surface area contributed by atoms with Gasteiger partial charge in [-0.2, -0.15) is 0 Å². The van der Waals surface area contributed by atoms with E-state index < -0.39 is 12.0 Å². The molecule has 2 rings (SSSR count). The number of hydrogen-bond acceptors (Lipinski definition) is 6. The van der Waals surface area contributed by atoms with E-state index in [9.17, 15) is 14.4 Å². The van der Waals surface area contributed by atoms with Crippen molar-refractivity contribution in [3.8, 4) is 0 Å². The Balaban J connectivity index is 2.14. The maximum atomic E-state index is 11.8. The van der Waals surface area contributed by atoms with Gasteiger partial charge in [-0.25, -0.2) is 9.78 Å². The van der Waals surface area contributed by atoms with Crippen LogP contribution in [0, 0.1) is 0 Å². The summed E-state index contributed by atoms with van der Waals surface area (Å²) in [5.41, 5.74) is 1.29. The van der Waals surface area contributed by atoms with E-state index in [-0.39, 0.29) is 23.9 Å². The van der Waals surface area contributed by atoms with Gasteiger partial charge in [-0.15, -0.1) is 11.3 Å². The number of amides is 2. The number of rotatable bonds is 3. The van der Waals surface area contributed by atoms with Crippen molar-refractivity contribution < 1.29 is 19.5 Å². The highest BCUT2D eigenvalue weighted by atomic mass is 32.1. The van der Waals surface area contributed by atoms with Crippen molar-refractivity contribution in [2.45, 2.75) is 18.9 Å². The number of anilines is 1. The highest BCUT2D eigenvalue weighted by Gasteiger charge is 2.32. The maximum absolute atomic E-state index is 11.8. The molecule has 0 saturated carbocycles. The van der Waals surface area contributed by atoms with Crippen molar-refractivity contribution in [3.63, 3.8) is 0 Å². The minimum Gasteiger partial charge on any atom is -0.476 e. The molecule has 18 heavy (non-hydrogen) atoms. The molecule has 1 aromatic heterocycles. The van der Waals surface area contributed by atoms with Crippen LogP contribution in [0.2, 0.25) is 0 Å². The fourth-order valence-corrected chi connectivity index (χ4v) is 2.43. The molecule has 1 aromatic rings. The third kappa shape index (κ3) is 2.19. The third-order valence-electron chi connectivity index (χ3n) is 2.72. The molecule has 96 valence electrons. The maximum Gasteiger partial charge on any atom is 0.357 e. The van der Waals surface area contributed by atoms with Crippen molar-refractivity contribution in [2.75, 3.05) is 12.4 Å². The molecule has 1 saturated heterocycles. The number of carbonyl (C=O) groups excluding carboxylic acids is 2. The number of carboxylic acid groups (broad SMARTS) is 1. The monoisotopic (exact) mass is 269 g/mol. The summed E-state index contributed by atoms with van der Waals surface area (Å²) in [4.78, 5) is 38.8. The molecular weight excluding hydrogens is 258 g/mol. The van der Waals surface area contributed by atoms with Gasteiger partial charge in [0.05, 0.1) is 5.51 Å². The highest BCUT2D eigenvalue weighted by molar-refractivity contribution is 7.14. The van der Waals surface area contributed by atoms with Gasteiger partial charge in [0.2, 0.25) is 5.91 Å². The molecule has 2 amide bonds. The Morgan fingerprint density at radius 1 is 1.61 bits per heavy atom. The number of piperidine rings is 1. The van der Waals surface area contributed by atoms with Gasteiger partial charge in [0.15, 0.2) is 5.69 Å². The molecule has 1 unspecified atom stereocenters. The van der Waals surface area contributed by atoms with E-state index in [1.807, 2.05) is 0 Å². The lowest BCUT2D eigenvalue weighted by atomic mass is 10.0. The zero-order chi connectivity index (χ0) is 13.3. The summed E-state index contributed by atoms with van der Waals surface area (Å²) in [7, 11) is 1.42. The lowest BCUT2D eigenvalue weighted by Gasteiger charge is -2.28. The molecule has 8 heteroatoms. The fourth-order valence-electron chi connectivity index (χ4n) is 1.71. The number of likely N-dealkylation sites (N-methyl/N-ethyl adjacent to an activating group) is 1. The number of hydrogen-bond donors (Lipinski definition) is 2. The molecule has 0 spiro atoms. The lowest BCUT2D eigenvalue weighted by molar-refractivity contribution is -0.146. The van der Waals surface area contributed by atoms with Crippen molar-refractivity contribution >= 4 is 34.1 Å². The molecule has 1 fully saturated rings. The number of likely N-dealkylation sites (tertiary alicyclic amines) is 1. The Morgan fingerprint density at radius 3 is 3.00 bits per heavy atom. The zero-order valence-corrected chi connectivity index (χ0v) is 10.4. The fraction of sp³-hybridized carbons (Fsp3) is 0.400. The summed E-state index contributed by atoms with van der Waals surface area (Å²) in [5, 5.41) is 12.1. The van der Waals surface area contributed by atoms with Crippen LogP contribution in [0.25, 0.3) is 0 Å². The van der Waals surface area contributed by atoms with Crippen LogP contribution < -0.4 is 5.32 Å². The first kappa shape index (κ1) is 12.5. The summed E-state index contributed by atoms with van der Waals surface area (Å²) in [6.07, 6.45) is 0.625. The van der Waals surface area contributed by atoms with Crippen LogP contribution in [0.15, 0.2) is 5.51 Å². The average Bonchev–Trinajstić information content (AvgIpc) is 2.78. The number of carbonyl (C=O) groups is 3. The van der Waals surface area contributed by atoms with E-state index in [2.05, 4.69) is 10.3 Å². The van der Waals surface area contributed by atoms with Crippen molar-refractivity contribution in [1.29, 1.82) is 0 Å². The van der Waals surface area contributed by atoms with Crippen LogP contribution in [0.5, 0.6) is 0 Å². The van der Waals surface area contributed by atoms with Crippen LogP contribution in [0.4, 0.5) is 5.00 Å². The quantitative estimate of drug-likeness (QED) is 0.770. The van der Waals surface area contributed by atoms with Gasteiger partial charge >= 0.3 is 5.97 Å². The summed E-state index contributed by atoms with van der Waals surface area (Å²) in [6, 6.07) is -0.578. The number of thiazole rings is 1. The Kier molecular flexibility index (Phi) is 3.28. The second kappa shape index (κ2) is 4.73. The first-order valence-electron chi connectivity index (χ1n) is 5.24. The Hall–Kier alpha value is -1.96. The molecule has 2 N–H and O–H groups in total. The second-order valence-corrected chi connectivity index (χ2v) is 4.72. The number of carboxylic acids is 1. The zero-order valence-electron chi connectivity index (χ0n) is 9.54. The minimum absolute atomic E-state index is 0.104. The number of aromatic carboxylic acids is 1. The largest absolute Gasteiger partial charge is 0.476 e. The Labute approximate surface area is 106 Å². The van der Waals surface area contributed by atoms with Gasteiger partial charge in [0.25, 0.3) is 5.91 Å². The molecule has 7 nitrogen and oxygen atoms in total. The summed E-state index contributed by atoms with van der Waals surface area (Å²) in [6.45, 7) is 0. The molecule has 0 aliphatic carbocycles. The van der Waals surface area contributed by atoms with Gasteiger partial charge in [-0.05, 0) is 6.42 Å². The SMILES string of the molecule is CN1C(=O)CCC(Nc2scnc2C(=O)O)C1=O. The molecule has 0 aromatic carbocycles. The van der Waals surface area contributed by atoms with Gasteiger partial charge in [0, 0.05) is 13.5 Å². The standard InChI is InChI=1S/C10H11N3O4S/c1-13-6(14)3-2-5(9(13)15)12-8-7(10(16)17)11-4-18-8/h4-5,12H,2-3H2,1H3,(H,16,17). The lowest BCUT2D eigenvalue weighted by Crippen LogP contribution is -2.48. The van der Waals surface area contributed by atoms with Crippen molar-refractivity contribution in [1.82, 2.24) is 9.88 Å². The first-order valence-corrected chi connectivity index (χ1v) is 6.12.